The molecule has 0 spiro atoms. The molecule has 2 rings (SSSR count). The highest BCUT2D eigenvalue weighted by Gasteiger charge is 2.13. The Balaban J connectivity index is 2.44. The summed E-state index contributed by atoms with van der Waals surface area (Å²) in [7, 11) is 1.95. The molecular formula is C14H16Br2N4. The third-order valence-electron chi connectivity index (χ3n) is 3.07. The van der Waals surface area contributed by atoms with Crippen LogP contribution in [0, 0.1) is 13.8 Å². The molecule has 0 saturated carbocycles. The Morgan fingerprint density at radius 2 is 1.80 bits per heavy atom. The molecule has 0 atom stereocenters. The van der Waals surface area contributed by atoms with E-state index in [9.17, 15) is 0 Å². The zero-order valence-electron chi connectivity index (χ0n) is 11.7. The first-order valence-corrected chi connectivity index (χ1v) is 7.91. The lowest BCUT2D eigenvalue weighted by Crippen LogP contribution is -2.13. The van der Waals surface area contributed by atoms with E-state index in [1.807, 2.05) is 27.0 Å². The van der Waals surface area contributed by atoms with Gasteiger partial charge >= 0.3 is 0 Å². The lowest BCUT2D eigenvalue weighted by atomic mass is 10.1. The van der Waals surface area contributed by atoms with E-state index >= 15 is 0 Å². The summed E-state index contributed by atoms with van der Waals surface area (Å²) >= 11 is 6.91. The molecule has 2 aromatic heterocycles. The van der Waals surface area contributed by atoms with Gasteiger partial charge in [0, 0.05) is 26.5 Å². The molecule has 0 amide bonds. The number of nitrogens with one attached hydrogen (secondary N) is 1. The summed E-state index contributed by atoms with van der Waals surface area (Å²) in [6, 6.07) is 1.95. The summed E-state index contributed by atoms with van der Waals surface area (Å²) in [5.41, 5.74) is 4.00. The van der Waals surface area contributed by atoms with Gasteiger partial charge in [-0.15, -0.1) is 0 Å². The normalized spacial score (nSPS) is 10.8. The molecule has 0 aliphatic rings. The SMILES string of the molecule is CNCCc1c(C)nc(-c2ncc(Br)cc2Br)nc1C. The molecule has 106 valence electrons. The van der Waals surface area contributed by atoms with Crippen LogP contribution in [-0.2, 0) is 6.42 Å². The number of aryl methyl sites for hydroxylation is 2. The summed E-state index contributed by atoms with van der Waals surface area (Å²) in [5.74, 6) is 0.660. The van der Waals surface area contributed by atoms with Crippen molar-refractivity contribution < 1.29 is 0 Å². The Kier molecular flexibility index (Phi) is 5.23. The summed E-state index contributed by atoms with van der Waals surface area (Å²) < 4.78 is 1.81. The lowest BCUT2D eigenvalue weighted by molar-refractivity contribution is 0.774. The van der Waals surface area contributed by atoms with Gasteiger partial charge in [-0.25, -0.2) is 9.97 Å². The Hall–Kier alpha value is -0.850. The predicted octanol–water partition coefficient (Wildman–Crippen LogP) is 3.44. The van der Waals surface area contributed by atoms with Crippen molar-refractivity contribution in [3.05, 3.63) is 38.2 Å². The first-order chi connectivity index (χ1) is 9.52. The number of hydrogen-bond acceptors (Lipinski definition) is 4. The number of aromatic nitrogens is 3. The molecule has 2 heterocycles. The molecular weight excluding hydrogens is 384 g/mol. The van der Waals surface area contributed by atoms with E-state index in [2.05, 4.69) is 52.1 Å². The minimum absolute atomic E-state index is 0.660. The average molecular weight is 400 g/mol. The Labute approximate surface area is 135 Å². The molecule has 6 heteroatoms. The van der Waals surface area contributed by atoms with Crippen molar-refractivity contribution in [1.82, 2.24) is 20.3 Å². The van der Waals surface area contributed by atoms with Crippen LogP contribution in [0.5, 0.6) is 0 Å². The number of rotatable bonds is 4. The molecule has 0 saturated heterocycles. The number of hydrogen-bond donors (Lipinski definition) is 1. The molecule has 0 radical (unpaired) electrons. The molecule has 0 fully saturated rings. The molecule has 0 aliphatic carbocycles. The van der Waals surface area contributed by atoms with Crippen molar-refractivity contribution >= 4 is 31.9 Å². The Morgan fingerprint density at radius 1 is 1.15 bits per heavy atom. The Morgan fingerprint density at radius 3 is 2.35 bits per heavy atom. The van der Waals surface area contributed by atoms with Crippen LogP contribution in [0.3, 0.4) is 0 Å². The molecule has 4 nitrogen and oxygen atoms in total. The summed E-state index contributed by atoms with van der Waals surface area (Å²) in [6.07, 6.45) is 2.69. The summed E-state index contributed by atoms with van der Waals surface area (Å²) in [6.45, 7) is 4.97. The van der Waals surface area contributed by atoms with Crippen LogP contribution >= 0.6 is 31.9 Å². The van der Waals surface area contributed by atoms with E-state index in [0.717, 1.165) is 39.0 Å². The van der Waals surface area contributed by atoms with E-state index in [0.29, 0.717) is 5.82 Å². The smallest absolute Gasteiger partial charge is 0.179 e. The van der Waals surface area contributed by atoms with Crippen LogP contribution in [0.25, 0.3) is 11.5 Å². The van der Waals surface area contributed by atoms with Gasteiger partial charge in [-0.3, -0.25) is 4.98 Å². The van der Waals surface area contributed by atoms with E-state index in [1.165, 1.54) is 5.56 Å². The van der Waals surface area contributed by atoms with Gasteiger partial charge < -0.3 is 5.32 Å². The third-order valence-corrected chi connectivity index (χ3v) is 4.10. The quantitative estimate of drug-likeness (QED) is 0.855. The maximum atomic E-state index is 4.60. The average Bonchev–Trinajstić information content (AvgIpc) is 2.37. The standard InChI is InChI=1S/C14H16Br2N4/c1-8-11(4-5-17-3)9(2)20-14(19-8)13-12(16)6-10(15)7-18-13/h6-7,17H,4-5H2,1-3H3. The van der Waals surface area contributed by atoms with Crippen LogP contribution in [-0.4, -0.2) is 28.5 Å². The summed E-state index contributed by atoms with van der Waals surface area (Å²) in [5, 5.41) is 3.15. The van der Waals surface area contributed by atoms with E-state index in [4.69, 9.17) is 0 Å². The number of nitrogens with zero attached hydrogens (tertiary/aromatic N) is 3. The fourth-order valence-corrected chi connectivity index (χ4v) is 3.20. The third kappa shape index (κ3) is 3.42. The monoisotopic (exact) mass is 398 g/mol. The first kappa shape index (κ1) is 15.5. The lowest BCUT2D eigenvalue weighted by Gasteiger charge is -2.11. The molecule has 20 heavy (non-hydrogen) atoms. The van der Waals surface area contributed by atoms with Gasteiger partial charge in [0.1, 0.15) is 5.69 Å². The van der Waals surface area contributed by atoms with Gasteiger partial charge in [-0.1, -0.05) is 0 Å². The number of halogens is 2. The van der Waals surface area contributed by atoms with Gasteiger partial charge in [0.15, 0.2) is 5.82 Å². The van der Waals surface area contributed by atoms with E-state index < -0.39 is 0 Å². The second kappa shape index (κ2) is 6.74. The topological polar surface area (TPSA) is 50.7 Å². The number of likely N-dealkylation sites (N-methyl/N-ethyl adjacent to an activating group) is 1. The van der Waals surface area contributed by atoms with Gasteiger partial charge in [-0.05, 0) is 77.4 Å². The minimum Gasteiger partial charge on any atom is -0.319 e. The number of pyridine rings is 1. The largest absolute Gasteiger partial charge is 0.319 e. The van der Waals surface area contributed by atoms with Crippen LogP contribution in [0.4, 0.5) is 0 Å². The molecule has 0 unspecified atom stereocenters. The minimum atomic E-state index is 0.660. The van der Waals surface area contributed by atoms with Crippen molar-refractivity contribution in [2.45, 2.75) is 20.3 Å². The highest BCUT2D eigenvalue weighted by atomic mass is 79.9. The second-order valence-electron chi connectivity index (χ2n) is 4.53. The molecule has 1 N–H and O–H groups in total. The van der Waals surface area contributed by atoms with Gasteiger partial charge in [0.25, 0.3) is 0 Å². The predicted molar refractivity (Wildman–Crippen MR) is 87.8 cm³/mol. The molecule has 2 aromatic rings. The highest BCUT2D eigenvalue weighted by molar-refractivity contribution is 9.11. The van der Waals surface area contributed by atoms with Gasteiger partial charge in [0.2, 0.25) is 0 Å². The van der Waals surface area contributed by atoms with Crippen LogP contribution in [0.15, 0.2) is 21.2 Å². The Bertz CT molecular complexity index is 606. The molecule has 0 bridgehead atoms. The van der Waals surface area contributed by atoms with Crippen LogP contribution < -0.4 is 5.32 Å². The summed E-state index contributed by atoms with van der Waals surface area (Å²) in [4.78, 5) is 13.6. The molecule has 0 aromatic carbocycles. The highest BCUT2D eigenvalue weighted by Crippen LogP contribution is 2.27. The van der Waals surface area contributed by atoms with Crippen molar-refractivity contribution in [1.29, 1.82) is 0 Å². The van der Waals surface area contributed by atoms with E-state index in [1.54, 1.807) is 6.20 Å². The zero-order chi connectivity index (χ0) is 14.7. The molecule has 0 aliphatic heterocycles. The van der Waals surface area contributed by atoms with Gasteiger partial charge in [0.05, 0.1) is 0 Å². The first-order valence-electron chi connectivity index (χ1n) is 6.33. The van der Waals surface area contributed by atoms with Crippen molar-refractivity contribution in [3.63, 3.8) is 0 Å². The maximum absolute atomic E-state index is 4.60. The van der Waals surface area contributed by atoms with Crippen LogP contribution in [0.1, 0.15) is 17.0 Å². The van der Waals surface area contributed by atoms with Crippen molar-refractivity contribution in [2.24, 2.45) is 0 Å². The van der Waals surface area contributed by atoms with Crippen molar-refractivity contribution in [3.8, 4) is 11.5 Å². The fraction of sp³-hybridized carbons (Fsp3) is 0.357. The van der Waals surface area contributed by atoms with E-state index in [-0.39, 0.29) is 0 Å². The van der Waals surface area contributed by atoms with Gasteiger partial charge in [-0.2, -0.15) is 0 Å². The van der Waals surface area contributed by atoms with Crippen LogP contribution in [0.2, 0.25) is 0 Å². The maximum Gasteiger partial charge on any atom is 0.179 e. The zero-order valence-corrected chi connectivity index (χ0v) is 14.8. The second-order valence-corrected chi connectivity index (χ2v) is 6.30. The van der Waals surface area contributed by atoms with Crippen molar-refractivity contribution in [2.75, 3.05) is 13.6 Å². The fourth-order valence-electron chi connectivity index (χ4n) is 2.04.